The van der Waals surface area contributed by atoms with E-state index >= 15 is 0 Å². The number of amides is 1. The molecule has 25 heavy (non-hydrogen) atoms. The number of nitrogens with zero attached hydrogens (tertiary/aromatic N) is 3. The summed E-state index contributed by atoms with van der Waals surface area (Å²) < 4.78 is 7.79. The van der Waals surface area contributed by atoms with E-state index in [0.717, 1.165) is 36.8 Å². The zero-order valence-electron chi connectivity index (χ0n) is 14.8. The molecule has 1 N–H and O–H groups in total. The van der Waals surface area contributed by atoms with Gasteiger partial charge in [0.1, 0.15) is 11.6 Å². The summed E-state index contributed by atoms with van der Waals surface area (Å²) in [5.41, 5.74) is 0. The first kappa shape index (κ1) is 17.5. The summed E-state index contributed by atoms with van der Waals surface area (Å²) in [6.07, 6.45) is 5.65. The Balaban J connectivity index is 1.44. The second kappa shape index (κ2) is 8.65. The zero-order chi connectivity index (χ0) is 17.5. The van der Waals surface area contributed by atoms with Crippen LogP contribution in [0.1, 0.15) is 56.7 Å². The quantitative estimate of drug-likeness (QED) is 0.785. The van der Waals surface area contributed by atoms with Gasteiger partial charge in [-0.15, -0.1) is 10.2 Å². The van der Waals surface area contributed by atoms with Crippen LogP contribution in [0.4, 0.5) is 0 Å². The van der Waals surface area contributed by atoms with Crippen molar-refractivity contribution in [2.24, 2.45) is 0 Å². The molecule has 0 fully saturated rings. The van der Waals surface area contributed by atoms with Gasteiger partial charge in [-0.3, -0.25) is 4.79 Å². The number of aromatic nitrogens is 3. The molecule has 2 heterocycles. The first-order chi connectivity index (χ1) is 12.2. The largest absolute Gasteiger partial charge is 0.494 e. The molecule has 6 heteroatoms. The molecule has 0 bridgehead atoms. The second-order valence-electron chi connectivity index (χ2n) is 6.49. The summed E-state index contributed by atoms with van der Waals surface area (Å²) >= 11 is 0. The van der Waals surface area contributed by atoms with Crippen LogP contribution in [-0.4, -0.2) is 27.3 Å². The molecule has 134 valence electrons. The fraction of sp³-hybridized carbons (Fsp3) is 0.526. The van der Waals surface area contributed by atoms with Crippen LogP contribution in [0.25, 0.3) is 0 Å². The third-order valence-electron chi connectivity index (χ3n) is 4.46. The highest BCUT2D eigenvalue weighted by molar-refractivity contribution is 5.76. The fourth-order valence-corrected chi connectivity index (χ4v) is 3.15. The molecule has 1 aromatic carbocycles. The lowest BCUT2D eigenvalue weighted by Crippen LogP contribution is -2.29. The lowest BCUT2D eigenvalue weighted by atomic mass is 10.2. The van der Waals surface area contributed by atoms with Gasteiger partial charge >= 0.3 is 0 Å². The van der Waals surface area contributed by atoms with Gasteiger partial charge < -0.3 is 14.6 Å². The maximum absolute atomic E-state index is 12.2. The zero-order valence-corrected chi connectivity index (χ0v) is 14.8. The van der Waals surface area contributed by atoms with E-state index in [1.54, 1.807) is 0 Å². The number of fused-ring (bicyclic) bond motifs is 1. The van der Waals surface area contributed by atoms with E-state index in [-0.39, 0.29) is 11.9 Å². The van der Waals surface area contributed by atoms with E-state index in [4.69, 9.17) is 4.74 Å². The minimum atomic E-state index is -0.123. The molecule has 1 atom stereocenters. The molecule has 0 saturated carbocycles. The Labute approximate surface area is 148 Å². The Bertz CT molecular complexity index is 684. The van der Waals surface area contributed by atoms with Crippen LogP contribution in [0, 0.1) is 0 Å². The van der Waals surface area contributed by atoms with Crippen molar-refractivity contribution in [1.29, 1.82) is 0 Å². The van der Waals surface area contributed by atoms with Crippen LogP contribution >= 0.6 is 0 Å². The minimum absolute atomic E-state index is 0.0233. The van der Waals surface area contributed by atoms with Crippen molar-refractivity contribution in [1.82, 2.24) is 20.1 Å². The summed E-state index contributed by atoms with van der Waals surface area (Å²) in [5, 5.41) is 11.6. The van der Waals surface area contributed by atoms with Crippen molar-refractivity contribution in [2.45, 2.75) is 58.0 Å². The third kappa shape index (κ3) is 4.81. The molecule has 3 rings (SSSR count). The van der Waals surface area contributed by atoms with Crippen LogP contribution < -0.4 is 10.1 Å². The average molecular weight is 342 g/mol. The van der Waals surface area contributed by atoms with Gasteiger partial charge in [-0.2, -0.15) is 0 Å². The SMILES string of the molecule is CC(NC(=O)CCCOc1ccccc1)c1nnc2n1CCCCC2. The molecular weight excluding hydrogens is 316 g/mol. The minimum Gasteiger partial charge on any atom is -0.494 e. The first-order valence-electron chi connectivity index (χ1n) is 9.13. The number of aryl methyl sites for hydroxylation is 1. The smallest absolute Gasteiger partial charge is 0.220 e. The summed E-state index contributed by atoms with van der Waals surface area (Å²) in [4.78, 5) is 12.2. The monoisotopic (exact) mass is 342 g/mol. The Morgan fingerprint density at radius 3 is 2.92 bits per heavy atom. The van der Waals surface area contributed by atoms with Gasteiger partial charge in [-0.05, 0) is 38.3 Å². The molecular formula is C19H26N4O2. The maximum atomic E-state index is 12.2. The normalized spacial score (nSPS) is 15.1. The molecule has 0 aliphatic carbocycles. The lowest BCUT2D eigenvalue weighted by Gasteiger charge is -2.15. The number of para-hydroxylation sites is 1. The summed E-state index contributed by atoms with van der Waals surface area (Å²) in [5.74, 6) is 2.77. The van der Waals surface area contributed by atoms with Gasteiger partial charge in [-0.1, -0.05) is 24.6 Å². The highest BCUT2D eigenvalue weighted by Crippen LogP contribution is 2.18. The number of carbonyl (C=O) groups excluding carboxylic acids is 1. The Morgan fingerprint density at radius 2 is 2.08 bits per heavy atom. The number of nitrogens with one attached hydrogen (secondary N) is 1. The molecule has 1 aromatic heterocycles. The highest BCUT2D eigenvalue weighted by Gasteiger charge is 2.20. The standard InChI is InChI=1S/C19H26N4O2/c1-15(19-22-21-17-11-6-3-7-13-23(17)19)20-18(24)12-8-14-25-16-9-4-2-5-10-16/h2,4-5,9-10,15H,3,6-8,11-14H2,1H3,(H,20,24). The number of carbonyl (C=O) groups is 1. The molecule has 1 unspecified atom stereocenters. The fourth-order valence-electron chi connectivity index (χ4n) is 3.15. The molecule has 0 spiro atoms. The van der Waals surface area contributed by atoms with Crippen molar-refractivity contribution in [2.75, 3.05) is 6.61 Å². The van der Waals surface area contributed by atoms with Gasteiger partial charge in [-0.25, -0.2) is 0 Å². The Hall–Kier alpha value is -2.37. The lowest BCUT2D eigenvalue weighted by molar-refractivity contribution is -0.122. The first-order valence-corrected chi connectivity index (χ1v) is 9.13. The molecule has 2 aromatic rings. The van der Waals surface area contributed by atoms with Crippen molar-refractivity contribution < 1.29 is 9.53 Å². The van der Waals surface area contributed by atoms with Crippen LogP contribution in [0.3, 0.4) is 0 Å². The summed E-state index contributed by atoms with van der Waals surface area (Å²) in [7, 11) is 0. The van der Waals surface area contributed by atoms with E-state index in [2.05, 4.69) is 20.1 Å². The number of ether oxygens (including phenoxy) is 1. The van der Waals surface area contributed by atoms with Crippen molar-refractivity contribution >= 4 is 5.91 Å². The van der Waals surface area contributed by atoms with Gasteiger partial charge in [0.2, 0.25) is 5.91 Å². The molecule has 1 aliphatic heterocycles. The topological polar surface area (TPSA) is 69.0 Å². The summed E-state index contributed by atoms with van der Waals surface area (Å²) in [6, 6.07) is 9.53. The second-order valence-corrected chi connectivity index (χ2v) is 6.49. The van der Waals surface area contributed by atoms with Crippen LogP contribution in [0.15, 0.2) is 30.3 Å². The van der Waals surface area contributed by atoms with Crippen molar-refractivity contribution in [3.8, 4) is 5.75 Å². The van der Waals surface area contributed by atoms with Crippen LogP contribution in [-0.2, 0) is 17.8 Å². The van der Waals surface area contributed by atoms with E-state index in [1.165, 1.54) is 12.8 Å². The molecule has 1 aliphatic rings. The average Bonchev–Trinajstić information content (AvgIpc) is 2.88. The number of benzene rings is 1. The summed E-state index contributed by atoms with van der Waals surface area (Å²) in [6.45, 7) is 3.45. The van der Waals surface area contributed by atoms with E-state index in [1.807, 2.05) is 37.3 Å². The van der Waals surface area contributed by atoms with Gasteiger partial charge in [0, 0.05) is 19.4 Å². The van der Waals surface area contributed by atoms with E-state index in [0.29, 0.717) is 19.4 Å². The number of rotatable bonds is 7. The van der Waals surface area contributed by atoms with E-state index in [9.17, 15) is 4.79 Å². The third-order valence-corrected chi connectivity index (χ3v) is 4.46. The predicted octanol–water partition coefficient (Wildman–Crippen LogP) is 3.04. The molecule has 1 amide bonds. The van der Waals surface area contributed by atoms with E-state index < -0.39 is 0 Å². The molecule has 0 radical (unpaired) electrons. The number of hydrogen-bond acceptors (Lipinski definition) is 4. The number of hydrogen-bond donors (Lipinski definition) is 1. The molecule has 6 nitrogen and oxygen atoms in total. The predicted molar refractivity (Wildman–Crippen MR) is 95.3 cm³/mol. The Kier molecular flexibility index (Phi) is 6.04. The molecule has 0 saturated heterocycles. The van der Waals surface area contributed by atoms with Gasteiger partial charge in [0.15, 0.2) is 5.82 Å². The van der Waals surface area contributed by atoms with Crippen LogP contribution in [0.2, 0.25) is 0 Å². The van der Waals surface area contributed by atoms with Crippen molar-refractivity contribution in [3.63, 3.8) is 0 Å². The maximum Gasteiger partial charge on any atom is 0.220 e. The van der Waals surface area contributed by atoms with Gasteiger partial charge in [0.05, 0.1) is 12.6 Å². The highest BCUT2D eigenvalue weighted by atomic mass is 16.5. The van der Waals surface area contributed by atoms with Crippen LogP contribution in [0.5, 0.6) is 5.75 Å². The van der Waals surface area contributed by atoms with Gasteiger partial charge in [0.25, 0.3) is 0 Å². The Morgan fingerprint density at radius 1 is 1.24 bits per heavy atom. The van der Waals surface area contributed by atoms with Crippen molar-refractivity contribution in [3.05, 3.63) is 42.0 Å².